The summed E-state index contributed by atoms with van der Waals surface area (Å²) in [7, 11) is 0. The zero-order valence-corrected chi connectivity index (χ0v) is 12.2. The standard InChI is InChI=1S/C13H23ClN2O2/c1-9(2)11-5-4-7-16(8-6-11)13(18)15-12(17)10(3)14/h9-11H,4-8H2,1-3H3,(H,15,17,18). The fourth-order valence-electron chi connectivity index (χ4n) is 2.28. The third-order valence-electron chi connectivity index (χ3n) is 3.59. The number of carbonyl (C=O) groups is 2. The van der Waals surface area contributed by atoms with Crippen LogP contribution in [0.1, 0.15) is 40.0 Å². The van der Waals surface area contributed by atoms with Crippen molar-refractivity contribution in [2.24, 2.45) is 11.8 Å². The molecule has 0 aliphatic carbocycles. The normalized spacial score (nSPS) is 22.5. The molecule has 1 aliphatic heterocycles. The highest BCUT2D eigenvalue weighted by Gasteiger charge is 2.24. The van der Waals surface area contributed by atoms with Crippen LogP contribution in [0.25, 0.3) is 0 Å². The number of carbonyl (C=O) groups excluding carboxylic acids is 2. The molecule has 2 atom stereocenters. The number of hydrogen-bond acceptors (Lipinski definition) is 2. The number of nitrogens with one attached hydrogen (secondary N) is 1. The van der Waals surface area contributed by atoms with Crippen LogP contribution in [0.2, 0.25) is 0 Å². The topological polar surface area (TPSA) is 49.4 Å². The van der Waals surface area contributed by atoms with E-state index in [2.05, 4.69) is 19.2 Å². The summed E-state index contributed by atoms with van der Waals surface area (Å²) in [6.45, 7) is 7.44. The van der Waals surface area contributed by atoms with Gasteiger partial charge in [0.1, 0.15) is 5.38 Å². The molecule has 0 spiro atoms. The van der Waals surface area contributed by atoms with Crippen molar-refractivity contribution in [3.63, 3.8) is 0 Å². The molecule has 1 saturated heterocycles. The molecular weight excluding hydrogens is 252 g/mol. The van der Waals surface area contributed by atoms with Gasteiger partial charge < -0.3 is 4.90 Å². The summed E-state index contributed by atoms with van der Waals surface area (Å²) < 4.78 is 0. The highest BCUT2D eigenvalue weighted by atomic mass is 35.5. The van der Waals surface area contributed by atoms with Crippen LogP contribution in [-0.4, -0.2) is 35.3 Å². The molecule has 0 bridgehead atoms. The smallest absolute Gasteiger partial charge is 0.324 e. The molecule has 5 heteroatoms. The van der Waals surface area contributed by atoms with E-state index in [1.807, 2.05) is 0 Å². The van der Waals surface area contributed by atoms with Gasteiger partial charge >= 0.3 is 6.03 Å². The van der Waals surface area contributed by atoms with Crippen molar-refractivity contribution in [3.05, 3.63) is 0 Å². The summed E-state index contributed by atoms with van der Waals surface area (Å²) in [5.74, 6) is 0.897. The number of imide groups is 1. The summed E-state index contributed by atoms with van der Waals surface area (Å²) in [6, 6.07) is -0.308. The van der Waals surface area contributed by atoms with Crippen molar-refractivity contribution in [1.29, 1.82) is 0 Å². The quantitative estimate of drug-likeness (QED) is 0.787. The molecule has 18 heavy (non-hydrogen) atoms. The number of halogens is 1. The van der Waals surface area contributed by atoms with Crippen LogP contribution in [0.4, 0.5) is 4.79 Å². The summed E-state index contributed by atoms with van der Waals surface area (Å²) in [4.78, 5) is 25.0. The number of likely N-dealkylation sites (tertiary alicyclic amines) is 1. The lowest BCUT2D eigenvalue weighted by molar-refractivity contribution is -0.119. The Balaban J connectivity index is 2.47. The Morgan fingerprint density at radius 3 is 2.44 bits per heavy atom. The van der Waals surface area contributed by atoms with E-state index in [4.69, 9.17) is 11.6 Å². The number of nitrogens with zero attached hydrogens (tertiary/aromatic N) is 1. The lowest BCUT2D eigenvalue weighted by Crippen LogP contribution is -2.45. The van der Waals surface area contributed by atoms with Crippen LogP contribution in [0.3, 0.4) is 0 Å². The van der Waals surface area contributed by atoms with Gasteiger partial charge in [0.05, 0.1) is 0 Å². The number of alkyl halides is 1. The summed E-state index contributed by atoms with van der Waals surface area (Å²) in [5.41, 5.74) is 0. The molecule has 0 aromatic carbocycles. The minimum Gasteiger partial charge on any atom is -0.324 e. The molecule has 0 saturated carbocycles. The maximum Gasteiger partial charge on any atom is 0.324 e. The highest BCUT2D eigenvalue weighted by Crippen LogP contribution is 2.24. The maximum atomic E-state index is 11.9. The van der Waals surface area contributed by atoms with Crippen LogP contribution >= 0.6 is 11.6 Å². The van der Waals surface area contributed by atoms with Crippen LogP contribution < -0.4 is 5.32 Å². The van der Waals surface area contributed by atoms with Gasteiger partial charge in [-0.05, 0) is 38.0 Å². The van der Waals surface area contributed by atoms with Crippen molar-refractivity contribution in [1.82, 2.24) is 10.2 Å². The van der Waals surface area contributed by atoms with Crippen molar-refractivity contribution in [2.75, 3.05) is 13.1 Å². The number of rotatable bonds is 2. The van der Waals surface area contributed by atoms with Crippen molar-refractivity contribution >= 4 is 23.5 Å². The first kappa shape index (κ1) is 15.3. The van der Waals surface area contributed by atoms with Gasteiger partial charge in [-0.3, -0.25) is 10.1 Å². The Morgan fingerprint density at radius 1 is 1.22 bits per heavy atom. The molecular formula is C13H23ClN2O2. The van der Waals surface area contributed by atoms with Gasteiger partial charge in [0.25, 0.3) is 0 Å². The molecule has 4 nitrogen and oxygen atoms in total. The van der Waals surface area contributed by atoms with E-state index < -0.39 is 11.3 Å². The van der Waals surface area contributed by atoms with Crippen molar-refractivity contribution < 1.29 is 9.59 Å². The van der Waals surface area contributed by atoms with Gasteiger partial charge in [0.15, 0.2) is 0 Å². The Kier molecular flexibility index (Phi) is 5.93. The molecule has 0 aromatic rings. The Labute approximate surface area is 114 Å². The Morgan fingerprint density at radius 2 is 1.89 bits per heavy atom. The lowest BCUT2D eigenvalue weighted by atomic mass is 9.89. The summed E-state index contributed by atoms with van der Waals surface area (Å²) >= 11 is 5.63. The van der Waals surface area contributed by atoms with Crippen LogP contribution in [0.15, 0.2) is 0 Å². The van der Waals surface area contributed by atoms with Gasteiger partial charge in [-0.1, -0.05) is 13.8 Å². The predicted molar refractivity (Wildman–Crippen MR) is 72.6 cm³/mol. The fourth-order valence-corrected chi connectivity index (χ4v) is 2.33. The van der Waals surface area contributed by atoms with E-state index in [0.717, 1.165) is 32.4 Å². The average Bonchev–Trinajstić information content (AvgIpc) is 2.53. The fraction of sp³-hybridized carbons (Fsp3) is 0.846. The second kappa shape index (κ2) is 6.98. The molecule has 1 aliphatic rings. The van der Waals surface area contributed by atoms with Crippen molar-refractivity contribution in [3.8, 4) is 0 Å². The predicted octanol–water partition coefficient (Wildman–Crippen LogP) is 2.61. The first-order chi connectivity index (χ1) is 8.41. The minimum atomic E-state index is -0.677. The molecule has 1 rings (SSSR count). The minimum absolute atomic E-state index is 0.308. The van der Waals surface area contributed by atoms with E-state index in [-0.39, 0.29) is 6.03 Å². The Hall–Kier alpha value is -0.770. The first-order valence-electron chi connectivity index (χ1n) is 6.65. The molecule has 1 N–H and O–H groups in total. The molecule has 0 aromatic heterocycles. The average molecular weight is 275 g/mol. The largest absolute Gasteiger partial charge is 0.324 e. The van der Waals surface area contributed by atoms with E-state index in [1.165, 1.54) is 0 Å². The third kappa shape index (κ3) is 4.48. The molecule has 104 valence electrons. The Bertz CT molecular complexity index is 305. The van der Waals surface area contributed by atoms with Gasteiger partial charge in [0.2, 0.25) is 5.91 Å². The van der Waals surface area contributed by atoms with Crippen LogP contribution in [-0.2, 0) is 4.79 Å². The lowest BCUT2D eigenvalue weighted by Gasteiger charge is -2.21. The SMILES string of the molecule is CC(Cl)C(=O)NC(=O)N1CCCC(C(C)C)CC1. The number of amides is 3. The monoisotopic (exact) mass is 274 g/mol. The first-order valence-corrected chi connectivity index (χ1v) is 7.09. The molecule has 2 unspecified atom stereocenters. The van der Waals surface area contributed by atoms with E-state index in [1.54, 1.807) is 11.8 Å². The summed E-state index contributed by atoms with van der Waals surface area (Å²) in [5, 5.41) is 1.66. The maximum absolute atomic E-state index is 11.9. The van der Waals surface area contributed by atoms with Gasteiger partial charge in [-0.25, -0.2) is 4.79 Å². The number of urea groups is 1. The zero-order chi connectivity index (χ0) is 13.7. The van der Waals surface area contributed by atoms with E-state index in [9.17, 15) is 9.59 Å². The third-order valence-corrected chi connectivity index (χ3v) is 3.79. The second-order valence-corrected chi connectivity index (χ2v) is 5.99. The van der Waals surface area contributed by atoms with Gasteiger partial charge in [-0.2, -0.15) is 0 Å². The second-order valence-electron chi connectivity index (χ2n) is 5.33. The summed E-state index contributed by atoms with van der Waals surface area (Å²) in [6.07, 6.45) is 3.16. The van der Waals surface area contributed by atoms with Crippen molar-refractivity contribution in [2.45, 2.75) is 45.4 Å². The van der Waals surface area contributed by atoms with Crippen LogP contribution in [0, 0.1) is 11.8 Å². The molecule has 3 amide bonds. The molecule has 0 radical (unpaired) electrons. The van der Waals surface area contributed by atoms with E-state index >= 15 is 0 Å². The highest BCUT2D eigenvalue weighted by molar-refractivity contribution is 6.31. The van der Waals surface area contributed by atoms with Crippen LogP contribution in [0.5, 0.6) is 0 Å². The molecule has 1 fully saturated rings. The van der Waals surface area contributed by atoms with Gasteiger partial charge in [0, 0.05) is 13.1 Å². The van der Waals surface area contributed by atoms with Gasteiger partial charge in [-0.15, -0.1) is 11.6 Å². The zero-order valence-electron chi connectivity index (χ0n) is 11.4. The molecule has 1 heterocycles. The number of hydrogen-bond donors (Lipinski definition) is 1. The van der Waals surface area contributed by atoms with E-state index in [0.29, 0.717) is 11.8 Å².